The van der Waals surface area contributed by atoms with Crippen LogP contribution in [0.4, 0.5) is 19.2 Å². The molecule has 6 N–H and O–H groups in total. The second-order valence-corrected chi connectivity index (χ2v) is 10.4. The Morgan fingerprint density at radius 1 is 0.740 bits per heavy atom. The number of alkyl carbamates (subject to hydrolysis) is 4. The van der Waals surface area contributed by atoms with Gasteiger partial charge >= 0.3 is 24.4 Å². The molecule has 0 radical (unpaired) electrons. The number of unbranched alkanes of at least 4 members (excludes halogenated alkanes) is 1. The van der Waals surface area contributed by atoms with E-state index in [0.717, 1.165) is 0 Å². The Hall–Kier alpha value is -5.49. The number of ether oxygens (including phenoxy) is 5. The van der Waals surface area contributed by atoms with Crippen molar-refractivity contribution in [3.05, 3.63) is 29.8 Å². The Morgan fingerprint density at radius 2 is 1.26 bits per heavy atom. The zero-order valence-corrected chi connectivity index (χ0v) is 29.0. The number of hydrogen-bond donors (Lipinski definition) is 6. The Balaban J connectivity index is 3.12. The molecule has 1 aromatic carbocycles. The van der Waals surface area contributed by atoms with E-state index >= 15 is 0 Å². The minimum absolute atomic E-state index is 0.168. The van der Waals surface area contributed by atoms with E-state index in [1.165, 1.54) is 41.3 Å². The number of rotatable bonds is 22. The van der Waals surface area contributed by atoms with Gasteiger partial charge in [-0.25, -0.2) is 19.2 Å². The molecule has 1 rings (SSSR count). The van der Waals surface area contributed by atoms with Crippen molar-refractivity contribution in [2.75, 3.05) is 80.9 Å². The van der Waals surface area contributed by atoms with Gasteiger partial charge in [0.05, 0.1) is 39.2 Å². The molecule has 19 heteroatoms. The molecule has 50 heavy (non-hydrogen) atoms. The van der Waals surface area contributed by atoms with Gasteiger partial charge in [0.1, 0.15) is 12.4 Å². The van der Waals surface area contributed by atoms with E-state index in [9.17, 15) is 28.8 Å². The van der Waals surface area contributed by atoms with Gasteiger partial charge in [-0.05, 0) is 30.5 Å². The van der Waals surface area contributed by atoms with Crippen molar-refractivity contribution in [2.45, 2.75) is 25.7 Å². The zero-order chi connectivity index (χ0) is 37.1. The third-order valence-corrected chi connectivity index (χ3v) is 6.74. The van der Waals surface area contributed by atoms with Crippen LogP contribution < -0.4 is 36.6 Å². The van der Waals surface area contributed by atoms with Crippen LogP contribution in [0.15, 0.2) is 29.4 Å². The fraction of sp³-hybridized carbons (Fsp3) is 0.581. The van der Waals surface area contributed by atoms with Crippen molar-refractivity contribution >= 4 is 42.4 Å². The molecule has 0 saturated carbocycles. The van der Waals surface area contributed by atoms with E-state index < -0.39 is 42.1 Å². The molecule has 0 aliphatic heterocycles. The fourth-order valence-corrected chi connectivity index (χ4v) is 4.32. The van der Waals surface area contributed by atoms with Crippen molar-refractivity contribution in [1.82, 2.24) is 31.9 Å². The van der Waals surface area contributed by atoms with Gasteiger partial charge in [0.25, 0.3) is 5.91 Å². The van der Waals surface area contributed by atoms with Gasteiger partial charge in [-0.2, -0.15) is 0 Å². The zero-order valence-electron chi connectivity index (χ0n) is 29.0. The van der Waals surface area contributed by atoms with Gasteiger partial charge in [-0.3, -0.25) is 9.59 Å². The lowest BCUT2D eigenvalue weighted by atomic mass is 9.77. The standard InChI is InChI=1S/C31H49N7O12/c1-21(39)36-12-13-38-50-14-7-6-11-37-26(40)20-45-25-10-8-9-22(15-25)27(23(16-46-28(41)32-2)17-47-29(42)33-3)24(18-48-30(43)34-4)19-49-31(44)35-5/h8-10,13,15,23-24,27H,6-7,11-12,14,16-20H2,1-5H3,(H,32,41)(H,33,42)(H,34,43)(H,35,44)(H,36,39)(H,37,40)/b38-13+. The van der Waals surface area contributed by atoms with E-state index in [2.05, 4.69) is 37.1 Å². The molecule has 0 fully saturated rings. The normalized spacial score (nSPS) is 10.6. The summed E-state index contributed by atoms with van der Waals surface area (Å²) >= 11 is 0. The molecular formula is C31H49N7O12. The van der Waals surface area contributed by atoms with Crippen molar-refractivity contribution in [3.63, 3.8) is 0 Å². The molecule has 280 valence electrons. The Morgan fingerprint density at radius 3 is 1.74 bits per heavy atom. The maximum absolute atomic E-state index is 12.5. The highest BCUT2D eigenvalue weighted by Crippen LogP contribution is 2.36. The first kappa shape index (κ1) is 42.5. The van der Waals surface area contributed by atoms with Crippen LogP contribution >= 0.6 is 0 Å². The predicted octanol–water partition coefficient (Wildman–Crippen LogP) is 0.840. The minimum Gasteiger partial charge on any atom is -0.484 e. The summed E-state index contributed by atoms with van der Waals surface area (Å²) in [5.74, 6) is -2.45. The molecule has 0 saturated heterocycles. The third kappa shape index (κ3) is 18.7. The number of benzene rings is 1. The van der Waals surface area contributed by atoms with Crippen molar-refractivity contribution in [3.8, 4) is 5.75 Å². The van der Waals surface area contributed by atoms with Crippen LogP contribution in [0.3, 0.4) is 0 Å². The second kappa shape index (κ2) is 25.5. The van der Waals surface area contributed by atoms with E-state index in [0.29, 0.717) is 37.3 Å². The van der Waals surface area contributed by atoms with Gasteiger partial charge in [-0.15, -0.1) is 0 Å². The molecule has 1 aromatic rings. The SMILES string of the molecule is CNC(=O)OCC(COC(=O)NC)C(c1cccc(OCC(=O)NCCCCO/N=C/CNC(C)=O)c1)C(COC(=O)NC)COC(=O)NC. The highest BCUT2D eigenvalue weighted by molar-refractivity contribution is 5.77. The second-order valence-electron chi connectivity index (χ2n) is 10.4. The molecule has 0 aromatic heterocycles. The molecule has 0 spiro atoms. The fourth-order valence-electron chi connectivity index (χ4n) is 4.32. The molecule has 0 unspecified atom stereocenters. The number of amides is 6. The molecule has 0 aliphatic carbocycles. The summed E-state index contributed by atoms with van der Waals surface area (Å²) in [4.78, 5) is 76.6. The van der Waals surface area contributed by atoms with E-state index in [1.54, 1.807) is 24.3 Å². The summed E-state index contributed by atoms with van der Waals surface area (Å²) < 4.78 is 27.2. The largest absolute Gasteiger partial charge is 0.484 e. The Labute approximate surface area is 290 Å². The van der Waals surface area contributed by atoms with Gasteiger partial charge in [0, 0.05) is 59.4 Å². The van der Waals surface area contributed by atoms with Gasteiger partial charge in [-0.1, -0.05) is 17.3 Å². The van der Waals surface area contributed by atoms with Crippen molar-refractivity contribution < 1.29 is 57.3 Å². The predicted molar refractivity (Wildman–Crippen MR) is 179 cm³/mol. The van der Waals surface area contributed by atoms with E-state index in [4.69, 9.17) is 28.5 Å². The highest BCUT2D eigenvalue weighted by Gasteiger charge is 2.35. The van der Waals surface area contributed by atoms with Crippen LogP contribution in [0.5, 0.6) is 5.75 Å². The summed E-state index contributed by atoms with van der Waals surface area (Å²) in [5.41, 5.74) is 0.555. The van der Waals surface area contributed by atoms with E-state index in [-0.39, 0.29) is 51.4 Å². The molecular weight excluding hydrogens is 662 g/mol. The average Bonchev–Trinajstić information content (AvgIpc) is 3.12. The summed E-state index contributed by atoms with van der Waals surface area (Å²) in [6.45, 7) is 1.08. The van der Waals surface area contributed by atoms with Crippen LogP contribution in [-0.4, -0.2) is 123 Å². The van der Waals surface area contributed by atoms with Crippen molar-refractivity contribution in [2.24, 2.45) is 17.0 Å². The number of carbonyl (C=O) groups excluding carboxylic acids is 6. The lowest BCUT2D eigenvalue weighted by Gasteiger charge is -2.33. The lowest BCUT2D eigenvalue weighted by Crippen LogP contribution is -2.38. The quantitative estimate of drug-likeness (QED) is 0.0424. The van der Waals surface area contributed by atoms with Gasteiger partial charge < -0.3 is 60.4 Å². The first-order valence-corrected chi connectivity index (χ1v) is 15.8. The van der Waals surface area contributed by atoms with Crippen LogP contribution in [0.25, 0.3) is 0 Å². The molecule has 6 amide bonds. The smallest absolute Gasteiger partial charge is 0.406 e. The van der Waals surface area contributed by atoms with Gasteiger partial charge in [0.15, 0.2) is 6.61 Å². The van der Waals surface area contributed by atoms with E-state index in [1.807, 2.05) is 0 Å². The first-order chi connectivity index (χ1) is 24.0. The third-order valence-electron chi connectivity index (χ3n) is 6.74. The number of oxime groups is 1. The molecule has 19 nitrogen and oxygen atoms in total. The number of hydrogen-bond acceptors (Lipinski definition) is 13. The number of nitrogens with zero attached hydrogens (tertiary/aromatic N) is 1. The minimum atomic E-state index is -0.749. The topological polar surface area (TPSA) is 242 Å². The summed E-state index contributed by atoms with van der Waals surface area (Å²) in [7, 11) is 5.53. The lowest BCUT2D eigenvalue weighted by molar-refractivity contribution is -0.123. The molecule has 0 aliphatic rings. The summed E-state index contributed by atoms with van der Waals surface area (Å²) in [6, 6.07) is 6.66. The highest BCUT2D eigenvalue weighted by atomic mass is 16.6. The summed E-state index contributed by atoms with van der Waals surface area (Å²) in [5, 5.41) is 18.5. The summed E-state index contributed by atoms with van der Waals surface area (Å²) in [6.07, 6.45) is -0.267. The van der Waals surface area contributed by atoms with Crippen LogP contribution in [-0.2, 0) is 33.4 Å². The molecule has 0 atom stereocenters. The van der Waals surface area contributed by atoms with Crippen LogP contribution in [0.1, 0.15) is 31.2 Å². The van der Waals surface area contributed by atoms with Crippen LogP contribution in [0.2, 0.25) is 0 Å². The Kier molecular flexibility index (Phi) is 21.7. The van der Waals surface area contributed by atoms with Gasteiger partial charge in [0.2, 0.25) is 5.91 Å². The average molecular weight is 712 g/mol. The first-order valence-electron chi connectivity index (χ1n) is 15.8. The number of nitrogens with one attached hydrogen (secondary N) is 6. The Bertz CT molecular complexity index is 1170. The number of carbonyl (C=O) groups is 6. The molecule has 0 heterocycles. The molecule has 0 bridgehead atoms. The monoisotopic (exact) mass is 711 g/mol. The van der Waals surface area contributed by atoms with Crippen molar-refractivity contribution in [1.29, 1.82) is 0 Å². The maximum atomic E-state index is 12.5. The van der Waals surface area contributed by atoms with Crippen LogP contribution in [0, 0.1) is 11.8 Å². The maximum Gasteiger partial charge on any atom is 0.406 e.